The van der Waals surface area contributed by atoms with Crippen molar-refractivity contribution in [2.24, 2.45) is 0 Å². The second-order valence-electron chi connectivity index (χ2n) is 3.31. The normalized spacial score (nSPS) is 18.4. The average Bonchev–Trinajstić information content (AvgIpc) is 2.81. The van der Waals surface area contributed by atoms with E-state index in [2.05, 4.69) is 0 Å². The third kappa shape index (κ3) is 1.72. The van der Waals surface area contributed by atoms with E-state index in [9.17, 15) is 9.90 Å². The van der Waals surface area contributed by atoms with Crippen LogP contribution in [0.4, 0.5) is 0 Å². The second-order valence-corrected chi connectivity index (χ2v) is 3.31. The van der Waals surface area contributed by atoms with Crippen molar-refractivity contribution in [2.45, 2.75) is 13.5 Å². The number of Topliss-reactive ketones (excluding diaryl/α,β-unsaturated/α-hetero) is 1. The van der Waals surface area contributed by atoms with E-state index in [0.717, 1.165) is 0 Å². The Bertz CT molecular complexity index is 492. The molecule has 0 amide bonds. The van der Waals surface area contributed by atoms with Crippen LogP contribution in [0.15, 0.2) is 33.8 Å². The van der Waals surface area contributed by atoms with Crippen molar-refractivity contribution in [1.82, 2.24) is 0 Å². The highest BCUT2D eigenvalue weighted by molar-refractivity contribution is 6.09. The minimum absolute atomic E-state index is 0.00818. The zero-order chi connectivity index (χ0) is 11.7. The standard InChI is InChI=1S/C11H10O5/c1-6-10(13)11(14)9(15-6)4-7-2-3-8(5-12)16-7/h2-4,12-13H,5H2,1H3/b9-4-. The zero-order valence-corrected chi connectivity index (χ0v) is 8.56. The summed E-state index contributed by atoms with van der Waals surface area (Å²) >= 11 is 0. The van der Waals surface area contributed by atoms with E-state index in [1.165, 1.54) is 13.0 Å². The van der Waals surface area contributed by atoms with Gasteiger partial charge in [-0.05, 0) is 19.1 Å². The van der Waals surface area contributed by atoms with Crippen molar-refractivity contribution in [3.8, 4) is 0 Å². The molecule has 0 unspecified atom stereocenters. The molecule has 0 radical (unpaired) electrons. The third-order valence-electron chi connectivity index (χ3n) is 2.15. The Balaban J connectivity index is 2.24. The molecule has 0 aliphatic carbocycles. The summed E-state index contributed by atoms with van der Waals surface area (Å²) in [6.07, 6.45) is 1.37. The minimum atomic E-state index is -0.570. The van der Waals surface area contributed by atoms with E-state index < -0.39 is 5.78 Å². The van der Waals surface area contributed by atoms with Crippen molar-refractivity contribution in [2.75, 3.05) is 0 Å². The van der Waals surface area contributed by atoms with Gasteiger partial charge in [0, 0.05) is 6.08 Å². The van der Waals surface area contributed by atoms with Gasteiger partial charge in [-0.2, -0.15) is 0 Å². The molecule has 0 fully saturated rings. The monoisotopic (exact) mass is 222 g/mol. The highest BCUT2D eigenvalue weighted by atomic mass is 16.5. The summed E-state index contributed by atoms with van der Waals surface area (Å²) < 4.78 is 10.2. The summed E-state index contributed by atoms with van der Waals surface area (Å²) in [5.41, 5.74) is 0. The van der Waals surface area contributed by atoms with Crippen LogP contribution in [0.2, 0.25) is 0 Å². The molecule has 2 N–H and O–H groups in total. The van der Waals surface area contributed by atoms with Gasteiger partial charge in [-0.3, -0.25) is 4.79 Å². The summed E-state index contributed by atoms with van der Waals surface area (Å²) in [6.45, 7) is 1.29. The molecule has 0 saturated heterocycles. The first-order valence-corrected chi connectivity index (χ1v) is 4.65. The number of allylic oxidation sites excluding steroid dienone is 1. The van der Waals surface area contributed by atoms with Crippen LogP contribution in [0.5, 0.6) is 0 Å². The molecule has 5 nitrogen and oxygen atoms in total. The first kappa shape index (κ1) is 10.5. The van der Waals surface area contributed by atoms with Crippen LogP contribution in [0.3, 0.4) is 0 Å². The first-order valence-electron chi connectivity index (χ1n) is 4.65. The minimum Gasteiger partial charge on any atom is -0.502 e. The van der Waals surface area contributed by atoms with Crippen LogP contribution in [-0.4, -0.2) is 16.0 Å². The van der Waals surface area contributed by atoms with E-state index in [-0.39, 0.29) is 23.9 Å². The molecule has 16 heavy (non-hydrogen) atoms. The molecule has 1 aromatic heterocycles. The van der Waals surface area contributed by atoms with Crippen molar-refractivity contribution >= 4 is 11.9 Å². The van der Waals surface area contributed by atoms with Crippen LogP contribution in [0.1, 0.15) is 18.4 Å². The molecule has 1 aromatic rings. The van der Waals surface area contributed by atoms with Gasteiger partial charge < -0.3 is 19.4 Å². The summed E-state index contributed by atoms with van der Waals surface area (Å²) in [5.74, 6) is -0.000220. The fourth-order valence-corrected chi connectivity index (χ4v) is 1.32. The number of hydrogen-bond donors (Lipinski definition) is 2. The summed E-state index contributed by atoms with van der Waals surface area (Å²) in [7, 11) is 0. The van der Waals surface area contributed by atoms with E-state index in [1.807, 2.05) is 0 Å². The lowest BCUT2D eigenvalue weighted by molar-refractivity contribution is -0.115. The topological polar surface area (TPSA) is 79.9 Å². The Morgan fingerprint density at radius 1 is 1.44 bits per heavy atom. The zero-order valence-electron chi connectivity index (χ0n) is 8.56. The molecular weight excluding hydrogens is 212 g/mol. The number of hydrogen-bond acceptors (Lipinski definition) is 5. The highest BCUT2D eigenvalue weighted by Crippen LogP contribution is 2.24. The maximum absolute atomic E-state index is 11.4. The Morgan fingerprint density at radius 2 is 2.19 bits per heavy atom. The van der Waals surface area contributed by atoms with Crippen molar-refractivity contribution in [3.63, 3.8) is 0 Å². The third-order valence-corrected chi connectivity index (χ3v) is 2.15. The lowest BCUT2D eigenvalue weighted by Crippen LogP contribution is -1.98. The maximum Gasteiger partial charge on any atom is 0.266 e. The first-order chi connectivity index (χ1) is 7.61. The number of carbonyl (C=O) groups is 1. The number of furan rings is 1. The maximum atomic E-state index is 11.4. The number of ketones is 1. The lowest BCUT2D eigenvalue weighted by atomic mass is 10.2. The second kappa shape index (κ2) is 3.86. The lowest BCUT2D eigenvalue weighted by Gasteiger charge is -1.95. The van der Waals surface area contributed by atoms with Crippen LogP contribution < -0.4 is 0 Å². The number of carbonyl (C=O) groups excluding carboxylic acids is 1. The van der Waals surface area contributed by atoms with Gasteiger partial charge in [0.2, 0.25) is 5.76 Å². The molecule has 0 saturated carbocycles. The van der Waals surface area contributed by atoms with Crippen molar-refractivity contribution < 1.29 is 24.2 Å². The summed E-state index contributed by atoms with van der Waals surface area (Å²) in [4.78, 5) is 11.4. The van der Waals surface area contributed by atoms with Crippen LogP contribution in [0.25, 0.3) is 6.08 Å². The molecule has 2 rings (SSSR count). The van der Waals surface area contributed by atoms with Crippen molar-refractivity contribution in [1.29, 1.82) is 0 Å². The number of aliphatic hydroxyl groups excluding tert-OH is 2. The molecule has 0 bridgehead atoms. The molecule has 1 aliphatic rings. The predicted octanol–water partition coefficient (Wildman–Crippen LogP) is 1.50. The largest absolute Gasteiger partial charge is 0.502 e. The van der Waals surface area contributed by atoms with Crippen LogP contribution in [0, 0.1) is 0 Å². The van der Waals surface area contributed by atoms with Crippen LogP contribution >= 0.6 is 0 Å². The molecule has 2 heterocycles. The van der Waals surface area contributed by atoms with E-state index in [1.54, 1.807) is 12.1 Å². The average molecular weight is 222 g/mol. The smallest absolute Gasteiger partial charge is 0.266 e. The fraction of sp³-hybridized carbons (Fsp3) is 0.182. The Hall–Kier alpha value is -2.01. The number of rotatable bonds is 2. The van der Waals surface area contributed by atoms with Crippen molar-refractivity contribution in [3.05, 3.63) is 40.9 Å². The predicted molar refractivity (Wildman–Crippen MR) is 54.0 cm³/mol. The summed E-state index contributed by atoms with van der Waals surface area (Å²) in [5, 5.41) is 18.0. The summed E-state index contributed by atoms with van der Waals surface area (Å²) in [6, 6.07) is 3.19. The SMILES string of the molecule is CC1=C(O)C(=O)/C(=C/c2ccc(CO)o2)O1. The van der Waals surface area contributed by atoms with Gasteiger partial charge in [-0.1, -0.05) is 0 Å². The van der Waals surface area contributed by atoms with Gasteiger partial charge in [0.05, 0.1) is 0 Å². The molecule has 0 aromatic carbocycles. The van der Waals surface area contributed by atoms with E-state index in [0.29, 0.717) is 11.5 Å². The Kier molecular flexibility index (Phi) is 2.54. The van der Waals surface area contributed by atoms with Gasteiger partial charge in [0.25, 0.3) is 5.78 Å². The van der Waals surface area contributed by atoms with Gasteiger partial charge in [0.15, 0.2) is 5.76 Å². The molecular formula is C11H10O5. The fourth-order valence-electron chi connectivity index (χ4n) is 1.32. The Labute approximate surface area is 91.3 Å². The molecule has 0 atom stereocenters. The van der Waals surface area contributed by atoms with Gasteiger partial charge >= 0.3 is 0 Å². The number of aliphatic hydroxyl groups is 2. The van der Waals surface area contributed by atoms with Gasteiger partial charge in [-0.15, -0.1) is 0 Å². The van der Waals surface area contributed by atoms with Crippen LogP contribution in [-0.2, 0) is 16.1 Å². The number of ether oxygens (including phenoxy) is 1. The molecule has 84 valence electrons. The molecule has 5 heteroatoms. The van der Waals surface area contributed by atoms with E-state index in [4.69, 9.17) is 14.3 Å². The molecule has 1 aliphatic heterocycles. The molecule has 0 spiro atoms. The van der Waals surface area contributed by atoms with E-state index >= 15 is 0 Å². The quantitative estimate of drug-likeness (QED) is 0.741. The van der Waals surface area contributed by atoms with Gasteiger partial charge in [0.1, 0.15) is 23.9 Å². The van der Waals surface area contributed by atoms with Gasteiger partial charge in [-0.25, -0.2) is 0 Å². The highest BCUT2D eigenvalue weighted by Gasteiger charge is 2.27. The Morgan fingerprint density at radius 3 is 2.69 bits per heavy atom.